The van der Waals surface area contributed by atoms with Gasteiger partial charge in [0, 0.05) is 63.2 Å². The number of furan rings is 1. The lowest BCUT2D eigenvalue weighted by atomic mass is 10.3. The molecule has 1 N–H and O–H groups in total. The van der Waals surface area contributed by atoms with E-state index in [1.165, 1.54) is 12.2 Å². The Kier molecular flexibility index (Phi) is 8.84. The lowest BCUT2D eigenvalue weighted by Gasteiger charge is -2.34. The minimum absolute atomic E-state index is 0.712. The molecule has 0 aromatic carbocycles. The molecular weight excluding hydrogens is 360 g/mol. The van der Waals surface area contributed by atoms with Crippen molar-refractivity contribution in [3.05, 3.63) is 24.2 Å². The van der Waals surface area contributed by atoms with Crippen molar-refractivity contribution in [3.63, 3.8) is 0 Å². The van der Waals surface area contributed by atoms with Gasteiger partial charge in [-0.3, -0.25) is 9.89 Å². The molecule has 1 aromatic heterocycles. The highest BCUT2D eigenvalue weighted by atomic mass is 32.2. The fourth-order valence-electron chi connectivity index (χ4n) is 3.48. The highest BCUT2D eigenvalue weighted by Gasteiger charge is 2.21. The van der Waals surface area contributed by atoms with Crippen LogP contribution >= 0.6 is 11.8 Å². The van der Waals surface area contributed by atoms with Crippen LogP contribution in [0.4, 0.5) is 0 Å². The van der Waals surface area contributed by atoms with E-state index in [0.29, 0.717) is 5.25 Å². The van der Waals surface area contributed by atoms with Gasteiger partial charge in [-0.25, -0.2) is 0 Å². The van der Waals surface area contributed by atoms with Gasteiger partial charge in [0.25, 0.3) is 0 Å². The van der Waals surface area contributed by atoms with Crippen LogP contribution in [0.5, 0.6) is 0 Å². The molecule has 2 aliphatic rings. The van der Waals surface area contributed by atoms with Crippen molar-refractivity contribution in [2.45, 2.75) is 31.4 Å². The Morgan fingerprint density at radius 3 is 3.00 bits per heavy atom. The first-order valence-electron chi connectivity index (χ1n) is 10.3. The van der Waals surface area contributed by atoms with E-state index in [9.17, 15) is 0 Å². The number of rotatable bonds is 8. The normalized spacial score (nSPS) is 22.2. The second kappa shape index (κ2) is 11.6. The number of nitrogens with zero attached hydrogens (tertiary/aromatic N) is 3. The Morgan fingerprint density at radius 1 is 1.33 bits per heavy atom. The Bertz CT molecular complexity index is 546. The maximum Gasteiger partial charge on any atom is 0.194 e. The second-order valence-electron chi connectivity index (χ2n) is 7.12. The average Bonchev–Trinajstić information content (AvgIpc) is 3.24. The monoisotopic (exact) mass is 394 g/mol. The van der Waals surface area contributed by atoms with Crippen LogP contribution in [0.25, 0.3) is 0 Å². The van der Waals surface area contributed by atoms with Crippen molar-refractivity contribution >= 4 is 17.7 Å². The minimum atomic E-state index is 0.712. The van der Waals surface area contributed by atoms with E-state index in [-0.39, 0.29) is 0 Å². The number of ether oxygens (including phenoxy) is 1. The van der Waals surface area contributed by atoms with Gasteiger partial charge >= 0.3 is 0 Å². The van der Waals surface area contributed by atoms with Crippen molar-refractivity contribution in [3.8, 4) is 0 Å². The van der Waals surface area contributed by atoms with Crippen LogP contribution in [-0.2, 0) is 11.2 Å². The van der Waals surface area contributed by atoms with Crippen molar-refractivity contribution < 1.29 is 9.15 Å². The number of thioether (sulfide) groups is 1. The smallest absolute Gasteiger partial charge is 0.194 e. The molecule has 0 amide bonds. The van der Waals surface area contributed by atoms with Crippen molar-refractivity contribution in [1.82, 2.24) is 15.1 Å². The van der Waals surface area contributed by atoms with Gasteiger partial charge in [0.05, 0.1) is 19.5 Å². The molecule has 2 aliphatic heterocycles. The minimum Gasteiger partial charge on any atom is -0.469 e. The van der Waals surface area contributed by atoms with E-state index < -0.39 is 0 Å². The van der Waals surface area contributed by atoms with E-state index in [4.69, 9.17) is 14.1 Å². The Hall–Kier alpha value is -1.18. The zero-order chi connectivity index (χ0) is 18.7. The molecule has 1 atom stereocenters. The van der Waals surface area contributed by atoms with Gasteiger partial charge in [0.1, 0.15) is 5.76 Å². The summed E-state index contributed by atoms with van der Waals surface area (Å²) in [5.41, 5.74) is 0. The fourth-order valence-corrected chi connectivity index (χ4v) is 4.66. The van der Waals surface area contributed by atoms with Gasteiger partial charge in [0.15, 0.2) is 5.96 Å². The van der Waals surface area contributed by atoms with Gasteiger partial charge in [0.2, 0.25) is 0 Å². The summed E-state index contributed by atoms with van der Waals surface area (Å²) in [6.07, 6.45) is 4.95. The first-order valence-corrected chi connectivity index (χ1v) is 11.4. The van der Waals surface area contributed by atoms with Crippen LogP contribution in [0.15, 0.2) is 27.8 Å². The number of guanidine groups is 1. The number of aliphatic imine (C=N–C) groups is 1. The summed E-state index contributed by atoms with van der Waals surface area (Å²) in [5.74, 6) is 3.28. The molecule has 2 saturated heterocycles. The summed E-state index contributed by atoms with van der Waals surface area (Å²) in [5, 5.41) is 4.30. The number of morpholine rings is 1. The van der Waals surface area contributed by atoms with Crippen molar-refractivity contribution in [1.29, 1.82) is 0 Å². The zero-order valence-electron chi connectivity index (χ0n) is 16.6. The quantitative estimate of drug-likeness (QED) is 0.415. The molecule has 1 unspecified atom stereocenters. The first-order chi connectivity index (χ1) is 13.3. The zero-order valence-corrected chi connectivity index (χ0v) is 17.4. The molecule has 6 nitrogen and oxygen atoms in total. The Balaban J connectivity index is 1.49. The standard InChI is InChI=1S/C20H34N4O2S/c1-2-19-17-24(12-16-27-19)20(22-8-6-18-5-3-13-26-18)21-7-4-9-23-10-14-25-15-11-23/h3,5,13,19H,2,4,6-12,14-17H2,1H3,(H,21,22). The lowest BCUT2D eigenvalue weighted by molar-refractivity contribution is 0.0377. The third kappa shape index (κ3) is 7.05. The summed E-state index contributed by atoms with van der Waals surface area (Å²) < 4.78 is 10.9. The molecule has 0 aliphatic carbocycles. The maximum atomic E-state index is 5.45. The maximum absolute atomic E-state index is 5.45. The van der Waals surface area contributed by atoms with Crippen LogP contribution in [0, 0.1) is 0 Å². The van der Waals surface area contributed by atoms with Gasteiger partial charge in [-0.1, -0.05) is 6.92 Å². The highest BCUT2D eigenvalue weighted by molar-refractivity contribution is 8.00. The summed E-state index contributed by atoms with van der Waals surface area (Å²) in [6, 6.07) is 3.98. The summed E-state index contributed by atoms with van der Waals surface area (Å²) in [7, 11) is 0. The number of nitrogens with one attached hydrogen (secondary N) is 1. The van der Waals surface area contributed by atoms with E-state index in [1.807, 2.05) is 12.1 Å². The molecule has 0 bridgehead atoms. The Morgan fingerprint density at radius 2 is 2.22 bits per heavy atom. The predicted molar refractivity (Wildman–Crippen MR) is 113 cm³/mol. The largest absolute Gasteiger partial charge is 0.469 e. The molecule has 1 aromatic rings. The van der Waals surface area contributed by atoms with Gasteiger partial charge in [-0.05, 0) is 25.0 Å². The highest BCUT2D eigenvalue weighted by Crippen LogP contribution is 2.21. The molecule has 152 valence electrons. The Labute approximate surface area is 167 Å². The van der Waals surface area contributed by atoms with Crippen molar-refractivity contribution in [2.24, 2.45) is 4.99 Å². The van der Waals surface area contributed by atoms with Crippen LogP contribution < -0.4 is 5.32 Å². The van der Waals surface area contributed by atoms with Gasteiger partial charge < -0.3 is 19.4 Å². The summed E-state index contributed by atoms with van der Waals surface area (Å²) in [6.45, 7) is 11.1. The van der Waals surface area contributed by atoms with Crippen molar-refractivity contribution in [2.75, 3.05) is 64.8 Å². The molecular formula is C20H34N4O2S. The molecule has 27 heavy (non-hydrogen) atoms. The number of hydrogen-bond acceptors (Lipinski definition) is 5. The topological polar surface area (TPSA) is 53.2 Å². The van der Waals surface area contributed by atoms with Gasteiger partial charge in [-0.2, -0.15) is 11.8 Å². The van der Waals surface area contributed by atoms with Crippen LogP contribution in [0.3, 0.4) is 0 Å². The molecule has 0 spiro atoms. The van der Waals surface area contributed by atoms with E-state index in [0.717, 1.165) is 83.6 Å². The molecule has 7 heteroatoms. The SMILES string of the molecule is CCC1CN(C(=NCCCN2CCOCC2)NCCc2ccco2)CCS1. The predicted octanol–water partition coefficient (Wildman–Crippen LogP) is 2.32. The molecule has 3 heterocycles. The molecule has 3 rings (SSSR count). The summed E-state index contributed by atoms with van der Waals surface area (Å²) in [4.78, 5) is 9.88. The van der Waals surface area contributed by atoms with Crippen LogP contribution in [0.2, 0.25) is 0 Å². The third-order valence-electron chi connectivity index (χ3n) is 5.13. The van der Waals surface area contributed by atoms with E-state index in [2.05, 4.69) is 33.8 Å². The first kappa shape index (κ1) is 20.6. The second-order valence-corrected chi connectivity index (χ2v) is 8.52. The lowest BCUT2D eigenvalue weighted by Crippen LogP contribution is -2.48. The van der Waals surface area contributed by atoms with E-state index in [1.54, 1.807) is 6.26 Å². The number of hydrogen-bond donors (Lipinski definition) is 1. The van der Waals surface area contributed by atoms with E-state index >= 15 is 0 Å². The fraction of sp³-hybridized carbons (Fsp3) is 0.750. The molecule has 2 fully saturated rings. The average molecular weight is 395 g/mol. The van der Waals surface area contributed by atoms with Gasteiger partial charge in [-0.15, -0.1) is 0 Å². The summed E-state index contributed by atoms with van der Waals surface area (Å²) >= 11 is 2.10. The molecule has 0 saturated carbocycles. The van der Waals surface area contributed by atoms with Crippen LogP contribution in [-0.4, -0.2) is 85.8 Å². The third-order valence-corrected chi connectivity index (χ3v) is 6.50. The molecule has 0 radical (unpaired) electrons. The van der Waals surface area contributed by atoms with Crippen LogP contribution in [0.1, 0.15) is 25.5 Å².